The van der Waals surface area contributed by atoms with Gasteiger partial charge in [0.25, 0.3) is 0 Å². The van der Waals surface area contributed by atoms with Gasteiger partial charge in [-0.05, 0) is 34.1 Å². The van der Waals surface area contributed by atoms with Crippen molar-refractivity contribution in [1.82, 2.24) is 14.5 Å². The second-order valence-corrected chi connectivity index (χ2v) is 5.35. The zero-order valence-corrected chi connectivity index (χ0v) is 12.4. The Labute approximate surface area is 124 Å². The van der Waals surface area contributed by atoms with Crippen LogP contribution in [0.5, 0.6) is 0 Å². The molecule has 0 saturated heterocycles. The molecule has 0 atom stereocenters. The van der Waals surface area contributed by atoms with Crippen molar-refractivity contribution in [3.8, 4) is 5.69 Å². The smallest absolute Gasteiger partial charge is 0.115 e. The second kappa shape index (κ2) is 5.31. The van der Waals surface area contributed by atoms with E-state index in [0.29, 0.717) is 5.88 Å². The Morgan fingerprint density at radius 2 is 2.05 bits per heavy atom. The normalized spacial score (nSPS) is 11.1. The van der Waals surface area contributed by atoms with E-state index >= 15 is 0 Å². The zero-order chi connectivity index (χ0) is 13.2. The molecule has 0 radical (unpaired) electrons. The standard InChI is InChI=1S/C14H11BrClN3/c15-10-3-1-2-4-12(10)19-13-6-8-17-9-11(13)18-14(19)5-7-16/h1-4,6,8-9H,5,7H2. The first-order chi connectivity index (χ1) is 9.31. The number of benzene rings is 1. The summed E-state index contributed by atoms with van der Waals surface area (Å²) in [4.78, 5) is 8.74. The largest absolute Gasteiger partial charge is 0.295 e. The van der Waals surface area contributed by atoms with Gasteiger partial charge in [0.2, 0.25) is 0 Å². The maximum absolute atomic E-state index is 5.88. The molecule has 2 aromatic heterocycles. The number of pyridine rings is 1. The second-order valence-electron chi connectivity index (χ2n) is 4.12. The summed E-state index contributed by atoms with van der Waals surface area (Å²) in [5.41, 5.74) is 3.00. The molecular formula is C14H11BrClN3. The third kappa shape index (κ3) is 2.26. The number of rotatable bonds is 3. The quantitative estimate of drug-likeness (QED) is 0.678. The summed E-state index contributed by atoms with van der Waals surface area (Å²) in [6, 6.07) is 10.1. The van der Waals surface area contributed by atoms with Crippen LogP contribution in [0.3, 0.4) is 0 Å². The molecule has 0 aliphatic rings. The van der Waals surface area contributed by atoms with Crippen molar-refractivity contribution in [3.05, 3.63) is 53.0 Å². The minimum Gasteiger partial charge on any atom is -0.295 e. The highest BCUT2D eigenvalue weighted by Gasteiger charge is 2.13. The van der Waals surface area contributed by atoms with Gasteiger partial charge in [0.05, 0.1) is 17.4 Å². The van der Waals surface area contributed by atoms with Gasteiger partial charge in [-0.25, -0.2) is 4.98 Å². The van der Waals surface area contributed by atoms with Crippen molar-refractivity contribution in [2.45, 2.75) is 6.42 Å². The van der Waals surface area contributed by atoms with Gasteiger partial charge < -0.3 is 0 Å². The minimum absolute atomic E-state index is 0.543. The molecule has 0 bridgehead atoms. The molecule has 0 spiro atoms. The summed E-state index contributed by atoms with van der Waals surface area (Å²) < 4.78 is 3.16. The van der Waals surface area contributed by atoms with Crippen molar-refractivity contribution < 1.29 is 0 Å². The Morgan fingerprint density at radius 1 is 1.21 bits per heavy atom. The number of hydrogen-bond acceptors (Lipinski definition) is 2. The van der Waals surface area contributed by atoms with Crippen LogP contribution >= 0.6 is 27.5 Å². The lowest BCUT2D eigenvalue weighted by atomic mass is 10.3. The third-order valence-electron chi connectivity index (χ3n) is 2.94. The summed E-state index contributed by atoms with van der Waals surface area (Å²) in [5, 5.41) is 0. The van der Waals surface area contributed by atoms with E-state index in [2.05, 4.69) is 36.5 Å². The van der Waals surface area contributed by atoms with Gasteiger partial charge in [-0.3, -0.25) is 9.55 Å². The number of halogens is 2. The Morgan fingerprint density at radius 3 is 2.84 bits per heavy atom. The monoisotopic (exact) mass is 335 g/mol. The molecule has 19 heavy (non-hydrogen) atoms. The van der Waals surface area contributed by atoms with Crippen LogP contribution in [-0.2, 0) is 6.42 Å². The van der Waals surface area contributed by atoms with Gasteiger partial charge in [-0.2, -0.15) is 0 Å². The van der Waals surface area contributed by atoms with Crippen LogP contribution in [0.2, 0.25) is 0 Å². The topological polar surface area (TPSA) is 30.7 Å². The molecule has 96 valence electrons. The summed E-state index contributed by atoms with van der Waals surface area (Å²) >= 11 is 9.47. The Bertz CT molecular complexity index is 724. The van der Waals surface area contributed by atoms with E-state index in [9.17, 15) is 0 Å². The molecule has 0 saturated carbocycles. The number of nitrogens with zero attached hydrogens (tertiary/aromatic N) is 3. The SMILES string of the molecule is ClCCc1nc2cnccc2n1-c1ccccc1Br. The molecule has 0 aliphatic heterocycles. The van der Waals surface area contributed by atoms with Crippen LogP contribution in [0.1, 0.15) is 5.82 Å². The maximum Gasteiger partial charge on any atom is 0.115 e. The Balaban J connectivity index is 2.31. The number of fused-ring (bicyclic) bond motifs is 1. The molecule has 0 aliphatic carbocycles. The molecule has 0 unspecified atom stereocenters. The van der Waals surface area contributed by atoms with E-state index in [1.165, 1.54) is 0 Å². The summed E-state index contributed by atoms with van der Waals surface area (Å²) in [6.07, 6.45) is 4.28. The first kappa shape index (κ1) is 12.6. The van der Waals surface area contributed by atoms with Gasteiger partial charge in [0.15, 0.2) is 0 Å². The van der Waals surface area contributed by atoms with Crippen LogP contribution < -0.4 is 0 Å². The number of hydrogen-bond donors (Lipinski definition) is 0. The molecule has 0 fully saturated rings. The highest BCUT2D eigenvalue weighted by molar-refractivity contribution is 9.10. The van der Waals surface area contributed by atoms with E-state index in [1.807, 2.05) is 24.3 Å². The fourth-order valence-corrected chi connectivity index (χ4v) is 2.77. The highest BCUT2D eigenvalue weighted by atomic mass is 79.9. The average molecular weight is 337 g/mol. The predicted octanol–water partition coefficient (Wildman–Crippen LogP) is 3.96. The lowest BCUT2D eigenvalue weighted by Crippen LogP contribution is -2.02. The van der Waals surface area contributed by atoms with Gasteiger partial charge in [0.1, 0.15) is 11.3 Å². The van der Waals surface area contributed by atoms with Gasteiger partial charge in [0, 0.05) is 23.0 Å². The molecule has 0 amide bonds. The third-order valence-corrected chi connectivity index (χ3v) is 3.80. The van der Waals surface area contributed by atoms with Gasteiger partial charge >= 0.3 is 0 Å². The number of imidazole rings is 1. The number of aryl methyl sites for hydroxylation is 1. The van der Waals surface area contributed by atoms with Crippen LogP contribution in [0.15, 0.2) is 47.2 Å². The van der Waals surface area contributed by atoms with Crippen molar-refractivity contribution in [1.29, 1.82) is 0 Å². The molecule has 2 heterocycles. The van der Waals surface area contributed by atoms with Gasteiger partial charge in [-0.1, -0.05) is 12.1 Å². The van der Waals surface area contributed by atoms with E-state index in [-0.39, 0.29) is 0 Å². The van der Waals surface area contributed by atoms with E-state index in [0.717, 1.165) is 33.4 Å². The number of aromatic nitrogens is 3. The first-order valence-corrected chi connectivity index (χ1v) is 7.26. The van der Waals surface area contributed by atoms with E-state index in [4.69, 9.17) is 11.6 Å². The minimum atomic E-state index is 0.543. The van der Waals surface area contributed by atoms with Crippen molar-refractivity contribution in [2.75, 3.05) is 5.88 Å². The van der Waals surface area contributed by atoms with Crippen LogP contribution in [0, 0.1) is 0 Å². The number of alkyl halides is 1. The summed E-state index contributed by atoms with van der Waals surface area (Å²) in [7, 11) is 0. The zero-order valence-electron chi connectivity index (χ0n) is 10.1. The summed E-state index contributed by atoms with van der Waals surface area (Å²) in [5.74, 6) is 1.49. The lowest BCUT2D eigenvalue weighted by molar-refractivity contribution is 0.909. The maximum atomic E-state index is 5.88. The van der Waals surface area contributed by atoms with Gasteiger partial charge in [-0.15, -0.1) is 11.6 Å². The number of para-hydroxylation sites is 1. The van der Waals surface area contributed by atoms with E-state index < -0.39 is 0 Å². The van der Waals surface area contributed by atoms with Crippen molar-refractivity contribution in [3.63, 3.8) is 0 Å². The van der Waals surface area contributed by atoms with E-state index in [1.54, 1.807) is 12.4 Å². The van der Waals surface area contributed by atoms with Crippen molar-refractivity contribution >= 4 is 38.6 Å². The molecule has 1 aromatic carbocycles. The molecule has 3 aromatic rings. The molecule has 3 nitrogen and oxygen atoms in total. The molecule has 0 N–H and O–H groups in total. The van der Waals surface area contributed by atoms with Crippen LogP contribution in [-0.4, -0.2) is 20.4 Å². The van der Waals surface area contributed by atoms with Crippen LogP contribution in [0.4, 0.5) is 0 Å². The molecule has 5 heteroatoms. The average Bonchev–Trinajstić information content (AvgIpc) is 2.78. The highest BCUT2D eigenvalue weighted by Crippen LogP contribution is 2.26. The fourth-order valence-electron chi connectivity index (χ4n) is 2.14. The molecule has 3 rings (SSSR count). The first-order valence-electron chi connectivity index (χ1n) is 5.93. The lowest BCUT2D eigenvalue weighted by Gasteiger charge is -2.10. The Hall–Kier alpha value is -1.39. The summed E-state index contributed by atoms with van der Waals surface area (Å²) in [6.45, 7) is 0. The fraction of sp³-hybridized carbons (Fsp3) is 0.143. The van der Waals surface area contributed by atoms with Crippen LogP contribution in [0.25, 0.3) is 16.7 Å². The molecular weight excluding hydrogens is 326 g/mol. The van der Waals surface area contributed by atoms with Crippen molar-refractivity contribution in [2.24, 2.45) is 0 Å². The predicted molar refractivity (Wildman–Crippen MR) is 81.0 cm³/mol. The Kier molecular flexibility index (Phi) is 3.53.